The lowest BCUT2D eigenvalue weighted by molar-refractivity contribution is -0.120. The predicted octanol–water partition coefficient (Wildman–Crippen LogP) is 1.64. The van der Waals surface area contributed by atoms with Gasteiger partial charge in [-0.2, -0.15) is 12.6 Å². The average Bonchev–Trinajstić information content (AvgIpc) is 2.39. The molecule has 0 saturated carbocycles. The number of nitrogens with one attached hydrogen (secondary N) is 2. The highest BCUT2D eigenvalue weighted by Gasteiger charge is 2.13. The van der Waals surface area contributed by atoms with Gasteiger partial charge < -0.3 is 10.6 Å². The summed E-state index contributed by atoms with van der Waals surface area (Å²) in [6, 6.07) is 9.95. The maximum Gasteiger partial charge on any atom is 0.233 e. The van der Waals surface area contributed by atoms with Crippen molar-refractivity contribution in [3.05, 3.63) is 35.9 Å². The monoisotopic (exact) mass is 266 g/mol. The molecule has 0 aliphatic rings. The van der Waals surface area contributed by atoms with Gasteiger partial charge in [-0.1, -0.05) is 37.3 Å². The topological polar surface area (TPSA) is 41.1 Å². The lowest BCUT2D eigenvalue weighted by Crippen LogP contribution is -2.34. The fraction of sp³-hybridized carbons (Fsp3) is 0.500. The molecule has 2 N–H and O–H groups in total. The second-order valence-electron chi connectivity index (χ2n) is 4.20. The molecule has 1 atom stereocenters. The summed E-state index contributed by atoms with van der Waals surface area (Å²) in [4.78, 5) is 11.8. The minimum absolute atomic E-state index is 0.0127. The Morgan fingerprint density at radius 3 is 2.67 bits per heavy atom. The zero-order chi connectivity index (χ0) is 13.2. The first kappa shape index (κ1) is 15.1. The Hall–Kier alpha value is -1.00. The van der Waals surface area contributed by atoms with Crippen molar-refractivity contribution in [3.8, 4) is 0 Å². The number of rotatable bonds is 8. The quantitative estimate of drug-likeness (QED) is 0.494. The molecule has 0 spiro atoms. The number of thiol groups is 1. The van der Waals surface area contributed by atoms with Crippen LogP contribution in [0.25, 0.3) is 0 Å². The van der Waals surface area contributed by atoms with Crippen LogP contribution in [-0.2, 0) is 11.2 Å². The molecular formula is C14H22N2OS. The zero-order valence-corrected chi connectivity index (χ0v) is 11.7. The number of carbonyl (C=O) groups is 1. The summed E-state index contributed by atoms with van der Waals surface area (Å²) >= 11 is 4.35. The summed E-state index contributed by atoms with van der Waals surface area (Å²) in [7, 11) is 0. The number of hydrogen-bond acceptors (Lipinski definition) is 3. The van der Waals surface area contributed by atoms with Crippen molar-refractivity contribution in [2.24, 2.45) is 0 Å². The predicted molar refractivity (Wildman–Crippen MR) is 79.1 cm³/mol. The highest BCUT2D eigenvalue weighted by Crippen LogP contribution is 2.07. The Kier molecular flexibility index (Phi) is 7.53. The van der Waals surface area contributed by atoms with Crippen LogP contribution in [-0.4, -0.2) is 30.8 Å². The van der Waals surface area contributed by atoms with E-state index >= 15 is 0 Å². The van der Waals surface area contributed by atoms with Gasteiger partial charge in [0.05, 0.1) is 5.25 Å². The minimum Gasteiger partial charge on any atom is -0.355 e. The maximum absolute atomic E-state index is 11.8. The molecule has 0 heterocycles. The third kappa shape index (κ3) is 6.07. The summed E-state index contributed by atoms with van der Waals surface area (Å²) in [5.41, 5.74) is 1.14. The van der Waals surface area contributed by atoms with E-state index in [0.29, 0.717) is 13.0 Å². The summed E-state index contributed by atoms with van der Waals surface area (Å²) in [6.45, 7) is 4.68. The van der Waals surface area contributed by atoms with Gasteiger partial charge >= 0.3 is 0 Å². The van der Waals surface area contributed by atoms with Crippen LogP contribution in [0.4, 0.5) is 0 Å². The van der Waals surface area contributed by atoms with Crippen molar-refractivity contribution in [2.45, 2.75) is 25.0 Å². The van der Waals surface area contributed by atoms with Gasteiger partial charge in [-0.05, 0) is 31.5 Å². The normalized spacial score (nSPS) is 12.1. The van der Waals surface area contributed by atoms with Gasteiger partial charge in [0.2, 0.25) is 5.91 Å². The molecule has 1 unspecified atom stereocenters. The van der Waals surface area contributed by atoms with Gasteiger partial charge in [0, 0.05) is 6.54 Å². The number of carbonyl (C=O) groups excluding carboxylic acids is 1. The van der Waals surface area contributed by atoms with Crippen molar-refractivity contribution in [3.63, 3.8) is 0 Å². The van der Waals surface area contributed by atoms with E-state index in [1.54, 1.807) is 0 Å². The van der Waals surface area contributed by atoms with Gasteiger partial charge in [-0.3, -0.25) is 4.79 Å². The molecular weight excluding hydrogens is 244 g/mol. The molecule has 100 valence electrons. The van der Waals surface area contributed by atoms with Crippen molar-refractivity contribution in [2.75, 3.05) is 19.6 Å². The lowest BCUT2D eigenvalue weighted by Gasteiger charge is -2.11. The van der Waals surface area contributed by atoms with Crippen LogP contribution in [0.15, 0.2) is 30.3 Å². The summed E-state index contributed by atoms with van der Waals surface area (Å²) in [5.74, 6) is 0.0127. The molecule has 0 aliphatic heterocycles. The lowest BCUT2D eigenvalue weighted by atomic mass is 10.1. The second-order valence-corrected chi connectivity index (χ2v) is 4.83. The largest absolute Gasteiger partial charge is 0.355 e. The standard InChI is InChI=1S/C14H22N2OS/c1-2-15-9-6-10-16-14(17)13(18)11-12-7-4-3-5-8-12/h3-5,7-8,13,15,18H,2,6,9-11H2,1H3,(H,16,17). The van der Waals surface area contributed by atoms with E-state index < -0.39 is 0 Å². The number of benzene rings is 1. The first-order valence-electron chi connectivity index (χ1n) is 6.44. The van der Waals surface area contributed by atoms with Crippen LogP contribution < -0.4 is 10.6 Å². The molecule has 0 fully saturated rings. The Morgan fingerprint density at radius 1 is 1.28 bits per heavy atom. The molecule has 0 radical (unpaired) electrons. The zero-order valence-electron chi connectivity index (χ0n) is 10.9. The van der Waals surface area contributed by atoms with Crippen LogP contribution in [0.5, 0.6) is 0 Å². The van der Waals surface area contributed by atoms with E-state index in [1.165, 1.54) is 0 Å². The highest BCUT2D eigenvalue weighted by molar-refractivity contribution is 7.81. The molecule has 1 rings (SSSR count). The van der Waals surface area contributed by atoms with E-state index in [1.807, 2.05) is 30.3 Å². The Labute approximate surface area is 115 Å². The molecule has 1 aromatic carbocycles. The van der Waals surface area contributed by atoms with Crippen LogP contribution in [0.3, 0.4) is 0 Å². The SMILES string of the molecule is CCNCCCNC(=O)C(S)Cc1ccccc1. The third-order valence-electron chi connectivity index (χ3n) is 2.65. The van der Waals surface area contributed by atoms with E-state index in [2.05, 4.69) is 30.2 Å². The van der Waals surface area contributed by atoms with Gasteiger partial charge in [0.25, 0.3) is 0 Å². The molecule has 0 saturated heterocycles. The van der Waals surface area contributed by atoms with Gasteiger partial charge in [-0.25, -0.2) is 0 Å². The fourth-order valence-corrected chi connectivity index (χ4v) is 1.95. The molecule has 4 heteroatoms. The first-order valence-corrected chi connectivity index (χ1v) is 6.96. The van der Waals surface area contributed by atoms with Gasteiger partial charge in [0.15, 0.2) is 0 Å². The minimum atomic E-state index is -0.272. The van der Waals surface area contributed by atoms with E-state index in [-0.39, 0.29) is 11.2 Å². The summed E-state index contributed by atoms with van der Waals surface area (Å²) in [6.07, 6.45) is 1.62. The molecule has 1 aromatic rings. The van der Waals surface area contributed by atoms with Crippen molar-refractivity contribution < 1.29 is 4.79 Å². The van der Waals surface area contributed by atoms with Crippen molar-refractivity contribution in [1.29, 1.82) is 0 Å². The number of amides is 1. The average molecular weight is 266 g/mol. The van der Waals surface area contributed by atoms with Crippen molar-refractivity contribution >= 4 is 18.5 Å². The van der Waals surface area contributed by atoms with E-state index in [0.717, 1.165) is 25.1 Å². The van der Waals surface area contributed by atoms with Crippen LogP contribution in [0.2, 0.25) is 0 Å². The summed E-state index contributed by atoms with van der Waals surface area (Å²) < 4.78 is 0. The first-order chi connectivity index (χ1) is 8.74. The molecule has 0 aliphatic carbocycles. The van der Waals surface area contributed by atoms with Crippen LogP contribution >= 0.6 is 12.6 Å². The van der Waals surface area contributed by atoms with Gasteiger partial charge in [0.1, 0.15) is 0 Å². The fourth-order valence-electron chi connectivity index (χ4n) is 1.65. The second kappa shape index (κ2) is 9.00. The summed E-state index contributed by atoms with van der Waals surface area (Å²) in [5, 5.41) is 5.86. The Morgan fingerprint density at radius 2 is 2.00 bits per heavy atom. The number of hydrogen-bond donors (Lipinski definition) is 3. The molecule has 0 aromatic heterocycles. The smallest absolute Gasteiger partial charge is 0.233 e. The van der Waals surface area contributed by atoms with E-state index in [9.17, 15) is 4.79 Å². The Balaban J connectivity index is 2.21. The van der Waals surface area contributed by atoms with Crippen LogP contribution in [0.1, 0.15) is 18.9 Å². The molecule has 18 heavy (non-hydrogen) atoms. The van der Waals surface area contributed by atoms with Crippen LogP contribution in [0, 0.1) is 0 Å². The highest BCUT2D eigenvalue weighted by atomic mass is 32.1. The Bertz CT molecular complexity index is 343. The molecule has 0 bridgehead atoms. The third-order valence-corrected chi connectivity index (χ3v) is 3.07. The van der Waals surface area contributed by atoms with Gasteiger partial charge in [-0.15, -0.1) is 0 Å². The molecule has 1 amide bonds. The molecule has 3 nitrogen and oxygen atoms in total. The van der Waals surface area contributed by atoms with Crippen molar-refractivity contribution in [1.82, 2.24) is 10.6 Å². The maximum atomic E-state index is 11.8. The van der Waals surface area contributed by atoms with E-state index in [4.69, 9.17) is 0 Å².